The van der Waals surface area contributed by atoms with Crippen molar-refractivity contribution < 1.29 is 24.2 Å². The van der Waals surface area contributed by atoms with Crippen LogP contribution in [0.15, 0.2) is 0 Å². The van der Waals surface area contributed by atoms with E-state index in [4.69, 9.17) is 9.84 Å². The van der Waals surface area contributed by atoms with E-state index in [-0.39, 0.29) is 24.5 Å². The zero-order valence-electron chi connectivity index (χ0n) is 32.1. The number of esters is 1. The lowest BCUT2D eigenvalue weighted by atomic mass is 10.0. The van der Waals surface area contributed by atoms with Gasteiger partial charge in [0.05, 0.1) is 0 Å². The zero-order valence-corrected chi connectivity index (χ0v) is 32.1. The lowest BCUT2D eigenvalue weighted by Crippen LogP contribution is -2.28. The predicted molar refractivity (Wildman–Crippen MR) is 203 cm³/mol. The molecule has 48 heavy (non-hydrogen) atoms. The van der Waals surface area contributed by atoms with Gasteiger partial charge in [0.25, 0.3) is 0 Å². The summed E-state index contributed by atoms with van der Waals surface area (Å²) < 4.78 is 5.94. The standard InChI is InChI=1S/C42H81NO5/c1-3-5-7-9-10-11-12-13-14-15-16-17-18-19-20-21-22-23-24-25-27-33-37-42(47)48-39(34-30-26-8-6-4-2)35-31-28-29-32-36-40(44)43-38-41(45)46/h39H,3-38H2,1-2H3,(H,43,44)(H,45,46). The Bertz CT molecular complexity index is 712. The van der Waals surface area contributed by atoms with Gasteiger partial charge < -0.3 is 15.2 Å². The van der Waals surface area contributed by atoms with Gasteiger partial charge in [0.2, 0.25) is 5.91 Å². The van der Waals surface area contributed by atoms with E-state index in [0.29, 0.717) is 12.8 Å². The fourth-order valence-corrected chi connectivity index (χ4v) is 6.63. The lowest BCUT2D eigenvalue weighted by Gasteiger charge is -2.18. The molecule has 0 saturated heterocycles. The van der Waals surface area contributed by atoms with Crippen LogP contribution in [0.1, 0.15) is 239 Å². The molecule has 0 spiro atoms. The van der Waals surface area contributed by atoms with Crippen LogP contribution in [0.5, 0.6) is 0 Å². The number of amides is 1. The van der Waals surface area contributed by atoms with Crippen LogP contribution in [0, 0.1) is 0 Å². The first kappa shape index (κ1) is 46.4. The SMILES string of the molecule is CCCCCCCCCCCCCCCCCCCCCCCCC(=O)OC(CCCCCCC)CCCCCCC(=O)NCC(=O)O. The Balaban J connectivity index is 3.74. The average Bonchev–Trinajstić information content (AvgIpc) is 3.07. The van der Waals surface area contributed by atoms with Gasteiger partial charge >= 0.3 is 11.9 Å². The fraction of sp³-hybridized carbons (Fsp3) is 0.929. The molecule has 0 aromatic heterocycles. The summed E-state index contributed by atoms with van der Waals surface area (Å²) in [5, 5.41) is 11.1. The summed E-state index contributed by atoms with van der Waals surface area (Å²) in [6.07, 6.45) is 42.6. The summed E-state index contributed by atoms with van der Waals surface area (Å²) in [4.78, 5) is 34.8. The summed E-state index contributed by atoms with van der Waals surface area (Å²) in [6, 6.07) is 0. The number of nitrogens with one attached hydrogen (secondary N) is 1. The van der Waals surface area contributed by atoms with Crippen LogP contribution < -0.4 is 5.32 Å². The number of hydrogen-bond acceptors (Lipinski definition) is 4. The number of ether oxygens (including phenoxy) is 1. The van der Waals surface area contributed by atoms with E-state index in [9.17, 15) is 14.4 Å². The van der Waals surface area contributed by atoms with E-state index >= 15 is 0 Å². The third-order valence-corrected chi connectivity index (χ3v) is 9.78. The van der Waals surface area contributed by atoms with Gasteiger partial charge in [-0.2, -0.15) is 0 Å². The molecule has 0 aromatic carbocycles. The molecule has 0 aromatic rings. The molecular weight excluding hydrogens is 598 g/mol. The highest BCUT2D eigenvalue weighted by Crippen LogP contribution is 2.19. The largest absolute Gasteiger partial charge is 0.480 e. The number of unbranched alkanes of at least 4 members (excludes halogenated alkanes) is 28. The molecule has 1 unspecified atom stereocenters. The molecule has 2 N–H and O–H groups in total. The van der Waals surface area contributed by atoms with Crippen LogP contribution in [0.3, 0.4) is 0 Å². The van der Waals surface area contributed by atoms with Crippen molar-refractivity contribution in [3.8, 4) is 0 Å². The van der Waals surface area contributed by atoms with Crippen LogP contribution in [0.2, 0.25) is 0 Å². The lowest BCUT2D eigenvalue weighted by molar-refractivity contribution is -0.150. The molecule has 1 amide bonds. The van der Waals surface area contributed by atoms with Crippen molar-refractivity contribution >= 4 is 17.8 Å². The second-order valence-electron chi connectivity index (χ2n) is 14.6. The van der Waals surface area contributed by atoms with Gasteiger partial charge in [0.15, 0.2) is 0 Å². The minimum Gasteiger partial charge on any atom is -0.480 e. The normalized spacial score (nSPS) is 11.9. The van der Waals surface area contributed by atoms with Crippen molar-refractivity contribution in [3.63, 3.8) is 0 Å². The first-order valence-corrected chi connectivity index (χ1v) is 21.2. The molecule has 0 radical (unpaired) electrons. The molecule has 6 nitrogen and oxygen atoms in total. The number of carbonyl (C=O) groups excluding carboxylic acids is 2. The quantitative estimate of drug-likeness (QED) is 0.0498. The molecule has 1 atom stereocenters. The van der Waals surface area contributed by atoms with Crippen molar-refractivity contribution in [1.82, 2.24) is 5.32 Å². The fourth-order valence-electron chi connectivity index (χ4n) is 6.63. The molecule has 0 aliphatic carbocycles. The van der Waals surface area contributed by atoms with Gasteiger partial charge in [0.1, 0.15) is 12.6 Å². The summed E-state index contributed by atoms with van der Waals surface area (Å²) in [6.45, 7) is 4.20. The molecule has 0 heterocycles. The van der Waals surface area contributed by atoms with Crippen LogP contribution in [-0.4, -0.2) is 35.6 Å². The Morgan fingerprint density at radius 1 is 0.458 bits per heavy atom. The molecule has 0 aliphatic heterocycles. The number of carboxylic acid groups (broad SMARTS) is 1. The summed E-state index contributed by atoms with van der Waals surface area (Å²) in [5.41, 5.74) is 0. The van der Waals surface area contributed by atoms with Gasteiger partial charge in [-0.15, -0.1) is 0 Å². The molecule has 0 aliphatic rings. The molecular formula is C42H81NO5. The summed E-state index contributed by atoms with van der Waals surface area (Å²) in [5.74, 6) is -1.25. The Morgan fingerprint density at radius 3 is 1.12 bits per heavy atom. The van der Waals surface area contributed by atoms with Crippen LogP contribution in [0.4, 0.5) is 0 Å². The Morgan fingerprint density at radius 2 is 0.771 bits per heavy atom. The van der Waals surface area contributed by atoms with Crippen LogP contribution >= 0.6 is 0 Å². The summed E-state index contributed by atoms with van der Waals surface area (Å²) in [7, 11) is 0. The maximum absolute atomic E-state index is 12.6. The van der Waals surface area contributed by atoms with Gasteiger partial charge in [-0.1, -0.05) is 187 Å². The maximum Gasteiger partial charge on any atom is 0.322 e. The molecule has 284 valence electrons. The van der Waals surface area contributed by atoms with Gasteiger partial charge in [-0.25, -0.2) is 0 Å². The van der Waals surface area contributed by atoms with E-state index in [1.54, 1.807) is 0 Å². The second-order valence-corrected chi connectivity index (χ2v) is 14.6. The predicted octanol–water partition coefficient (Wildman–Crippen LogP) is 12.8. The maximum atomic E-state index is 12.6. The highest BCUT2D eigenvalue weighted by atomic mass is 16.5. The monoisotopic (exact) mass is 680 g/mol. The molecule has 0 bridgehead atoms. The van der Waals surface area contributed by atoms with E-state index in [0.717, 1.165) is 57.8 Å². The number of carboxylic acids is 1. The van der Waals surface area contributed by atoms with Crippen LogP contribution in [0.25, 0.3) is 0 Å². The van der Waals surface area contributed by atoms with Crippen molar-refractivity contribution in [2.24, 2.45) is 0 Å². The van der Waals surface area contributed by atoms with E-state index < -0.39 is 5.97 Å². The Kier molecular flexibility index (Phi) is 36.9. The number of rotatable bonds is 39. The van der Waals surface area contributed by atoms with Gasteiger partial charge in [0, 0.05) is 12.8 Å². The van der Waals surface area contributed by atoms with Crippen molar-refractivity contribution in [2.75, 3.05) is 6.54 Å². The number of carbonyl (C=O) groups is 3. The Labute approximate surface area is 298 Å². The third kappa shape index (κ3) is 37.2. The number of hydrogen-bond donors (Lipinski definition) is 2. The smallest absolute Gasteiger partial charge is 0.322 e. The van der Waals surface area contributed by atoms with Gasteiger partial charge in [-0.3, -0.25) is 14.4 Å². The second kappa shape index (κ2) is 38.2. The first-order valence-electron chi connectivity index (χ1n) is 21.2. The molecule has 0 fully saturated rings. The van der Waals surface area contributed by atoms with Crippen molar-refractivity contribution in [2.45, 2.75) is 245 Å². The third-order valence-electron chi connectivity index (χ3n) is 9.78. The zero-order chi connectivity index (χ0) is 35.2. The average molecular weight is 680 g/mol. The summed E-state index contributed by atoms with van der Waals surface area (Å²) >= 11 is 0. The minimum atomic E-state index is -1.02. The molecule has 0 saturated carbocycles. The topological polar surface area (TPSA) is 92.7 Å². The molecule has 0 rings (SSSR count). The first-order chi connectivity index (χ1) is 23.5. The van der Waals surface area contributed by atoms with Crippen molar-refractivity contribution in [1.29, 1.82) is 0 Å². The minimum absolute atomic E-state index is 0.0118. The highest BCUT2D eigenvalue weighted by Gasteiger charge is 2.14. The van der Waals surface area contributed by atoms with Crippen LogP contribution in [-0.2, 0) is 19.1 Å². The van der Waals surface area contributed by atoms with Crippen molar-refractivity contribution in [3.05, 3.63) is 0 Å². The van der Waals surface area contributed by atoms with E-state index in [2.05, 4.69) is 19.2 Å². The van der Waals surface area contributed by atoms with E-state index in [1.165, 1.54) is 154 Å². The van der Waals surface area contributed by atoms with E-state index in [1.807, 2.05) is 0 Å². The van der Waals surface area contributed by atoms with Gasteiger partial charge in [-0.05, 0) is 38.5 Å². The number of aliphatic carboxylic acids is 1. The highest BCUT2D eigenvalue weighted by molar-refractivity contribution is 5.80. The molecule has 6 heteroatoms. The Hall–Kier alpha value is -1.59.